The van der Waals surface area contributed by atoms with Gasteiger partial charge >= 0.3 is 0 Å². The van der Waals surface area contributed by atoms with Gasteiger partial charge < -0.3 is 5.32 Å². The highest BCUT2D eigenvalue weighted by Crippen LogP contribution is 2.09. The number of benzene rings is 1. The topological polar surface area (TPSA) is 59.8 Å². The molecule has 0 unspecified atom stereocenters. The van der Waals surface area contributed by atoms with Crippen LogP contribution < -0.4 is 5.32 Å². The van der Waals surface area contributed by atoms with E-state index in [4.69, 9.17) is 0 Å². The standard InChI is InChI=1S/C13H15FN4O/c1-10-9-11(14)3-4-12(10)13(19)15-5-2-7-18-8-6-16-17-18/h3-4,6,8-9H,2,5,7H2,1H3,(H,15,19). The summed E-state index contributed by atoms with van der Waals surface area (Å²) in [6.07, 6.45) is 4.14. The van der Waals surface area contributed by atoms with Crippen LogP contribution in [-0.4, -0.2) is 27.4 Å². The smallest absolute Gasteiger partial charge is 0.251 e. The Labute approximate surface area is 110 Å². The molecule has 0 aliphatic heterocycles. The van der Waals surface area contributed by atoms with Crippen LogP contribution in [0.2, 0.25) is 0 Å². The number of carbonyl (C=O) groups is 1. The third kappa shape index (κ3) is 3.61. The van der Waals surface area contributed by atoms with Crippen molar-refractivity contribution >= 4 is 5.91 Å². The summed E-state index contributed by atoms with van der Waals surface area (Å²) in [7, 11) is 0. The molecule has 1 aromatic heterocycles. The lowest BCUT2D eigenvalue weighted by atomic mass is 10.1. The molecule has 1 heterocycles. The highest BCUT2D eigenvalue weighted by atomic mass is 19.1. The van der Waals surface area contributed by atoms with Crippen molar-refractivity contribution in [2.45, 2.75) is 19.9 Å². The summed E-state index contributed by atoms with van der Waals surface area (Å²) < 4.78 is 14.6. The quantitative estimate of drug-likeness (QED) is 0.832. The number of amides is 1. The molecule has 0 bridgehead atoms. The van der Waals surface area contributed by atoms with Crippen molar-refractivity contribution in [2.24, 2.45) is 0 Å². The SMILES string of the molecule is Cc1cc(F)ccc1C(=O)NCCCn1ccnn1. The Morgan fingerprint density at radius 2 is 2.32 bits per heavy atom. The predicted molar refractivity (Wildman–Crippen MR) is 68.1 cm³/mol. The molecule has 0 spiro atoms. The third-order valence-electron chi connectivity index (χ3n) is 2.75. The number of nitrogens with one attached hydrogen (secondary N) is 1. The summed E-state index contributed by atoms with van der Waals surface area (Å²) in [6.45, 7) is 2.95. The monoisotopic (exact) mass is 262 g/mol. The first-order valence-electron chi connectivity index (χ1n) is 6.05. The lowest BCUT2D eigenvalue weighted by Gasteiger charge is -2.07. The van der Waals surface area contributed by atoms with Gasteiger partial charge in [0.1, 0.15) is 5.82 Å². The maximum atomic E-state index is 12.9. The molecule has 5 nitrogen and oxygen atoms in total. The lowest BCUT2D eigenvalue weighted by molar-refractivity contribution is 0.0952. The fraction of sp³-hybridized carbons (Fsp3) is 0.308. The minimum atomic E-state index is -0.333. The van der Waals surface area contributed by atoms with Crippen molar-refractivity contribution in [3.63, 3.8) is 0 Å². The number of nitrogens with zero attached hydrogens (tertiary/aromatic N) is 3. The summed E-state index contributed by atoms with van der Waals surface area (Å²) in [5.74, 6) is -0.517. The Bertz CT molecular complexity index is 554. The fourth-order valence-corrected chi connectivity index (χ4v) is 1.77. The van der Waals surface area contributed by atoms with Crippen molar-refractivity contribution in [3.05, 3.63) is 47.5 Å². The van der Waals surface area contributed by atoms with Gasteiger partial charge in [-0.25, -0.2) is 4.39 Å². The van der Waals surface area contributed by atoms with Crippen molar-refractivity contribution in [3.8, 4) is 0 Å². The molecule has 1 aromatic carbocycles. The van der Waals surface area contributed by atoms with Crippen molar-refractivity contribution in [2.75, 3.05) is 6.54 Å². The molecular weight excluding hydrogens is 247 g/mol. The van der Waals surface area contributed by atoms with Crippen LogP contribution in [0.5, 0.6) is 0 Å². The third-order valence-corrected chi connectivity index (χ3v) is 2.75. The average molecular weight is 262 g/mol. The van der Waals surface area contributed by atoms with Crippen LogP contribution in [0.25, 0.3) is 0 Å². The number of halogens is 1. The van der Waals surface area contributed by atoms with E-state index in [2.05, 4.69) is 15.6 Å². The van der Waals surface area contributed by atoms with Crippen LogP contribution in [-0.2, 0) is 6.54 Å². The Kier molecular flexibility index (Phi) is 4.22. The summed E-state index contributed by atoms with van der Waals surface area (Å²) in [5.41, 5.74) is 1.14. The fourth-order valence-electron chi connectivity index (χ4n) is 1.77. The molecule has 6 heteroatoms. The van der Waals surface area contributed by atoms with Gasteiger partial charge in [-0.1, -0.05) is 5.21 Å². The number of hydrogen-bond acceptors (Lipinski definition) is 3. The Hall–Kier alpha value is -2.24. The van der Waals surface area contributed by atoms with E-state index in [1.165, 1.54) is 18.2 Å². The Morgan fingerprint density at radius 3 is 3.00 bits per heavy atom. The molecule has 100 valence electrons. The Morgan fingerprint density at radius 1 is 1.47 bits per heavy atom. The van der Waals surface area contributed by atoms with Gasteiger partial charge in [-0.2, -0.15) is 0 Å². The zero-order valence-electron chi connectivity index (χ0n) is 10.6. The summed E-state index contributed by atoms with van der Waals surface area (Å²) in [5, 5.41) is 10.3. The first-order chi connectivity index (χ1) is 9.16. The van der Waals surface area contributed by atoms with Crippen molar-refractivity contribution < 1.29 is 9.18 Å². The molecule has 0 aliphatic rings. The molecule has 0 aliphatic carbocycles. The van der Waals surface area contributed by atoms with E-state index < -0.39 is 0 Å². The van der Waals surface area contributed by atoms with Crippen molar-refractivity contribution in [1.82, 2.24) is 20.3 Å². The van der Waals surface area contributed by atoms with Crippen LogP contribution in [0.15, 0.2) is 30.6 Å². The van der Waals surface area contributed by atoms with E-state index >= 15 is 0 Å². The average Bonchev–Trinajstić information content (AvgIpc) is 2.87. The zero-order valence-corrected chi connectivity index (χ0v) is 10.6. The second kappa shape index (κ2) is 6.08. The van der Waals surface area contributed by atoms with Gasteiger partial charge in [0.25, 0.3) is 5.91 Å². The summed E-state index contributed by atoms with van der Waals surface area (Å²) >= 11 is 0. The predicted octanol–water partition coefficient (Wildman–Crippen LogP) is 1.55. The number of aryl methyl sites for hydroxylation is 2. The minimum Gasteiger partial charge on any atom is -0.352 e. The molecule has 0 fully saturated rings. The molecular formula is C13H15FN4O. The summed E-state index contributed by atoms with van der Waals surface area (Å²) in [6, 6.07) is 4.14. The van der Waals surface area contributed by atoms with Gasteiger partial charge in [0.05, 0.1) is 6.20 Å². The maximum Gasteiger partial charge on any atom is 0.251 e. The number of rotatable bonds is 5. The highest BCUT2D eigenvalue weighted by molar-refractivity contribution is 5.95. The van der Waals surface area contributed by atoms with Gasteiger partial charge in [-0.05, 0) is 37.1 Å². The molecule has 2 rings (SSSR count). The highest BCUT2D eigenvalue weighted by Gasteiger charge is 2.08. The van der Waals surface area contributed by atoms with Crippen LogP contribution in [0.1, 0.15) is 22.3 Å². The second-order valence-electron chi connectivity index (χ2n) is 4.23. The van der Waals surface area contributed by atoms with Gasteiger partial charge in [-0.15, -0.1) is 5.10 Å². The largest absolute Gasteiger partial charge is 0.352 e. The second-order valence-corrected chi connectivity index (χ2v) is 4.23. The molecule has 0 saturated heterocycles. The van der Waals surface area contributed by atoms with E-state index in [9.17, 15) is 9.18 Å². The van der Waals surface area contributed by atoms with E-state index in [0.717, 1.165) is 6.42 Å². The van der Waals surface area contributed by atoms with Crippen LogP contribution in [0.3, 0.4) is 0 Å². The lowest BCUT2D eigenvalue weighted by Crippen LogP contribution is -2.26. The van der Waals surface area contributed by atoms with E-state index in [1.54, 1.807) is 24.0 Å². The molecule has 0 radical (unpaired) electrons. The Balaban J connectivity index is 1.81. The van der Waals surface area contributed by atoms with Crippen LogP contribution in [0.4, 0.5) is 4.39 Å². The van der Waals surface area contributed by atoms with E-state index in [0.29, 0.717) is 24.2 Å². The first kappa shape index (κ1) is 13.2. The van der Waals surface area contributed by atoms with Gasteiger partial charge in [0.2, 0.25) is 0 Å². The van der Waals surface area contributed by atoms with Crippen LogP contribution in [0, 0.1) is 12.7 Å². The van der Waals surface area contributed by atoms with E-state index in [1.807, 2.05) is 0 Å². The van der Waals surface area contributed by atoms with Gasteiger partial charge in [0, 0.05) is 24.8 Å². The number of carbonyl (C=O) groups excluding carboxylic acids is 1. The normalized spacial score (nSPS) is 10.4. The summed E-state index contributed by atoms with van der Waals surface area (Å²) in [4.78, 5) is 11.9. The molecule has 1 amide bonds. The van der Waals surface area contributed by atoms with Gasteiger partial charge in [-0.3, -0.25) is 9.48 Å². The molecule has 1 N–H and O–H groups in total. The number of hydrogen-bond donors (Lipinski definition) is 1. The molecule has 19 heavy (non-hydrogen) atoms. The maximum absolute atomic E-state index is 12.9. The zero-order chi connectivity index (χ0) is 13.7. The van der Waals surface area contributed by atoms with E-state index in [-0.39, 0.29) is 11.7 Å². The molecule has 2 aromatic rings. The molecule has 0 atom stereocenters. The van der Waals surface area contributed by atoms with Crippen molar-refractivity contribution in [1.29, 1.82) is 0 Å². The minimum absolute atomic E-state index is 0.184. The van der Waals surface area contributed by atoms with Crippen LogP contribution >= 0.6 is 0 Å². The first-order valence-corrected chi connectivity index (χ1v) is 6.05. The molecule has 0 saturated carbocycles. The number of aromatic nitrogens is 3. The van der Waals surface area contributed by atoms with Gasteiger partial charge in [0.15, 0.2) is 0 Å².